The van der Waals surface area contributed by atoms with Crippen LogP contribution in [0.2, 0.25) is 0 Å². The number of aromatic nitrogens is 1. The molecular weight excluding hydrogens is 394 g/mol. The number of hydrogen-bond donors (Lipinski definition) is 0. The van der Waals surface area contributed by atoms with Gasteiger partial charge in [0.1, 0.15) is 3.70 Å². The maximum Gasteiger partial charge on any atom is 0.574 e. The molecule has 0 aliphatic heterocycles. The predicted octanol–water partition coefficient (Wildman–Crippen LogP) is 2.70. The second-order valence-electron chi connectivity index (χ2n) is 3.47. The first-order valence-corrected chi connectivity index (χ1v) is 6.49. The summed E-state index contributed by atoms with van der Waals surface area (Å²) in [4.78, 5) is 15.0. The zero-order chi connectivity index (χ0) is 15.3. The minimum absolute atomic E-state index is 0.158. The van der Waals surface area contributed by atoms with E-state index in [1.165, 1.54) is 7.11 Å². The number of nitrogens with zero attached hydrogens (tertiary/aromatic N) is 1. The van der Waals surface area contributed by atoms with Crippen LogP contribution in [0.3, 0.4) is 0 Å². The number of alkyl halides is 3. The van der Waals surface area contributed by atoms with E-state index < -0.39 is 18.2 Å². The Labute approximate surface area is 126 Å². The van der Waals surface area contributed by atoms with Gasteiger partial charge in [-0.3, -0.25) is 4.79 Å². The molecule has 0 saturated carbocycles. The summed E-state index contributed by atoms with van der Waals surface area (Å²) in [6.45, 7) is 1.80. The van der Waals surface area contributed by atoms with Crippen LogP contribution in [-0.4, -0.2) is 31.0 Å². The third-order valence-electron chi connectivity index (χ3n) is 2.05. The lowest BCUT2D eigenvalue weighted by Crippen LogP contribution is -2.19. The molecule has 20 heavy (non-hydrogen) atoms. The van der Waals surface area contributed by atoms with Crippen molar-refractivity contribution >= 4 is 28.6 Å². The first-order valence-electron chi connectivity index (χ1n) is 5.41. The van der Waals surface area contributed by atoms with Crippen molar-refractivity contribution in [3.05, 3.63) is 15.3 Å². The fourth-order valence-electron chi connectivity index (χ4n) is 1.41. The monoisotopic (exact) mass is 405 g/mol. The van der Waals surface area contributed by atoms with Gasteiger partial charge in [0.05, 0.1) is 20.1 Å². The van der Waals surface area contributed by atoms with Gasteiger partial charge in [-0.25, -0.2) is 4.98 Å². The highest BCUT2D eigenvalue weighted by Gasteiger charge is 2.32. The van der Waals surface area contributed by atoms with Gasteiger partial charge in [0.25, 0.3) is 0 Å². The predicted molar refractivity (Wildman–Crippen MR) is 70.5 cm³/mol. The molecule has 1 aromatic rings. The molecule has 112 valence electrons. The zero-order valence-corrected chi connectivity index (χ0v) is 12.7. The number of hydrogen-bond acceptors (Lipinski definition) is 5. The molecule has 1 heterocycles. The highest BCUT2D eigenvalue weighted by molar-refractivity contribution is 14.1. The highest BCUT2D eigenvalue weighted by atomic mass is 127. The molecular formula is C11H11F3INO4. The highest BCUT2D eigenvalue weighted by Crippen LogP contribution is 2.30. The summed E-state index contributed by atoms with van der Waals surface area (Å²) in [5.41, 5.74) is 0.213. The molecule has 0 atom stereocenters. The van der Waals surface area contributed by atoms with Crippen molar-refractivity contribution in [1.82, 2.24) is 4.98 Å². The lowest BCUT2D eigenvalue weighted by Gasteiger charge is -2.13. The molecule has 0 radical (unpaired) electrons. The minimum Gasteiger partial charge on any atom is -0.494 e. The number of pyridine rings is 1. The Hall–Kier alpha value is -1.26. The van der Waals surface area contributed by atoms with Crippen molar-refractivity contribution in [2.75, 3.05) is 13.7 Å². The number of halogens is 4. The van der Waals surface area contributed by atoms with E-state index in [-0.39, 0.29) is 28.0 Å². The summed E-state index contributed by atoms with van der Waals surface area (Å²) in [6.07, 6.45) is -5.09. The van der Waals surface area contributed by atoms with Gasteiger partial charge < -0.3 is 14.2 Å². The van der Waals surface area contributed by atoms with Crippen LogP contribution in [0, 0.1) is 3.70 Å². The van der Waals surface area contributed by atoms with Crippen molar-refractivity contribution in [3.8, 4) is 11.6 Å². The summed E-state index contributed by atoms with van der Waals surface area (Å²) in [5, 5.41) is 0. The van der Waals surface area contributed by atoms with Crippen LogP contribution >= 0.6 is 22.6 Å². The Morgan fingerprint density at radius 2 is 2.10 bits per heavy atom. The van der Waals surface area contributed by atoms with E-state index in [9.17, 15) is 18.0 Å². The number of ether oxygens (including phenoxy) is 3. The van der Waals surface area contributed by atoms with Gasteiger partial charge in [-0.1, -0.05) is 0 Å². The fraction of sp³-hybridized carbons (Fsp3) is 0.455. The zero-order valence-electron chi connectivity index (χ0n) is 10.6. The van der Waals surface area contributed by atoms with E-state index in [0.29, 0.717) is 0 Å². The third-order valence-corrected chi connectivity index (χ3v) is 2.78. The molecule has 0 saturated heterocycles. The summed E-state index contributed by atoms with van der Waals surface area (Å²) in [6, 6.07) is 1.01. The second-order valence-corrected chi connectivity index (χ2v) is 4.50. The van der Waals surface area contributed by atoms with Crippen LogP contribution in [0.15, 0.2) is 6.07 Å². The van der Waals surface area contributed by atoms with E-state index in [0.717, 1.165) is 6.07 Å². The quantitative estimate of drug-likeness (QED) is 0.429. The number of carbonyl (C=O) groups excluding carboxylic acids is 1. The Morgan fingerprint density at radius 1 is 1.45 bits per heavy atom. The normalized spacial score (nSPS) is 11.1. The van der Waals surface area contributed by atoms with Crippen LogP contribution in [-0.2, 0) is 16.0 Å². The van der Waals surface area contributed by atoms with E-state index in [1.807, 2.05) is 0 Å². The van der Waals surface area contributed by atoms with Gasteiger partial charge in [0.15, 0.2) is 5.75 Å². The van der Waals surface area contributed by atoms with Crippen molar-refractivity contribution in [2.24, 2.45) is 0 Å². The summed E-state index contributed by atoms with van der Waals surface area (Å²) < 4.78 is 50.2. The van der Waals surface area contributed by atoms with Crippen molar-refractivity contribution < 1.29 is 32.2 Å². The molecule has 0 unspecified atom stereocenters. The third kappa shape index (κ3) is 5.02. The fourth-order valence-corrected chi connectivity index (χ4v) is 2.22. The lowest BCUT2D eigenvalue weighted by atomic mass is 10.2. The molecule has 1 rings (SSSR count). The van der Waals surface area contributed by atoms with Gasteiger partial charge >= 0.3 is 12.3 Å². The average molecular weight is 405 g/mol. The van der Waals surface area contributed by atoms with Crippen LogP contribution in [0.4, 0.5) is 13.2 Å². The summed E-state index contributed by atoms with van der Waals surface area (Å²) >= 11 is 1.70. The lowest BCUT2D eigenvalue weighted by molar-refractivity contribution is -0.276. The van der Waals surface area contributed by atoms with E-state index in [1.54, 1.807) is 29.5 Å². The molecule has 0 aromatic carbocycles. The molecule has 1 aromatic heterocycles. The first kappa shape index (κ1) is 16.8. The SMILES string of the molecule is CCOC(=O)Cc1cc(OC(F)(F)F)nc(I)c1OC. The van der Waals surface area contributed by atoms with Gasteiger partial charge in [0, 0.05) is 11.6 Å². The van der Waals surface area contributed by atoms with E-state index >= 15 is 0 Å². The number of rotatable bonds is 5. The Morgan fingerprint density at radius 3 is 2.60 bits per heavy atom. The second kappa shape index (κ2) is 6.95. The van der Waals surface area contributed by atoms with Crippen molar-refractivity contribution in [1.29, 1.82) is 0 Å². The standard InChI is InChI=1S/C11H11F3INO4/c1-3-19-8(17)5-6-4-7(20-11(12,13)14)16-10(15)9(6)18-2/h4H,3,5H2,1-2H3. The van der Waals surface area contributed by atoms with Gasteiger partial charge in [-0.05, 0) is 29.5 Å². The van der Waals surface area contributed by atoms with Crippen LogP contribution < -0.4 is 9.47 Å². The van der Waals surface area contributed by atoms with Crippen molar-refractivity contribution in [3.63, 3.8) is 0 Å². The number of methoxy groups -OCH3 is 1. The summed E-state index contributed by atoms with van der Waals surface area (Å²) in [5.74, 6) is -1.01. The molecule has 0 spiro atoms. The van der Waals surface area contributed by atoms with Crippen LogP contribution in [0.1, 0.15) is 12.5 Å². The molecule has 0 amide bonds. The number of carbonyl (C=O) groups is 1. The largest absolute Gasteiger partial charge is 0.574 e. The number of esters is 1. The molecule has 9 heteroatoms. The van der Waals surface area contributed by atoms with Gasteiger partial charge in [0.2, 0.25) is 5.88 Å². The molecule has 0 aliphatic carbocycles. The molecule has 5 nitrogen and oxygen atoms in total. The van der Waals surface area contributed by atoms with Gasteiger partial charge in [-0.2, -0.15) is 0 Å². The maximum atomic E-state index is 12.2. The Kier molecular flexibility index (Phi) is 5.84. The van der Waals surface area contributed by atoms with Crippen molar-refractivity contribution in [2.45, 2.75) is 19.7 Å². The molecule has 0 aliphatic rings. The molecule has 0 bridgehead atoms. The molecule has 0 N–H and O–H groups in total. The van der Waals surface area contributed by atoms with E-state index in [4.69, 9.17) is 9.47 Å². The molecule has 0 fully saturated rings. The Bertz CT molecular complexity index is 493. The maximum absolute atomic E-state index is 12.2. The topological polar surface area (TPSA) is 57.7 Å². The van der Waals surface area contributed by atoms with Crippen LogP contribution in [0.5, 0.6) is 11.6 Å². The van der Waals surface area contributed by atoms with Gasteiger partial charge in [-0.15, -0.1) is 13.2 Å². The van der Waals surface area contributed by atoms with Crippen LogP contribution in [0.25, 0.3) is 0 Å². The Balaban J connectivity index is 3.09. The summed E-state index contributed by atoms with van der Waals surface area (Å²) in [7, 11) is 1.33. The smallest absolute Gasteiger partial charge is 0.494 e. The minimum atomic E-state index is -4.86. The van der Waals surface area contributed by atoms with E-state index in [2.05, 4.69) is 9.72 Å². The average Bonchev–Trinajstić information content (AvgIpc) is 2.26. The first-order chi connectivity index (χ1) is 9.26.